The minimum absolute atomic E-state index is 0.0843. The summed E-state index contributed by atoms with van der Waals surface area (Å²) in [5, 5.41) is 19.2. The van der Waals surface area contributed by atoms with E-state index in [4.69, 9.17) is 0 Å². The van der Waals surface area contributed by atoms with Gasteiger partial charge in [-0.2, -0.15) is 5.26 Å². The summed E-state index contributed by atoms with van der Waals surface area (Å²) in [5.41, 5.74) is 3.05. The Bertz CT molecular complexity index is 710. The normalized spacial score (nSPS) is 25.1. The summed E-state index contributed by atoms with van der Waals surface area (Å²) in [7, 11) is 0. The maximum absolute atomic E-state index is 12.4. The van der Waals surface area contributed by atoms with Crippen LogP contribution in [0.15, 0.2) is 40.5 Å². The van der Waals surface area contributed by atoms with Crippen molar-refractivity contribution in [1.29, 1.82) is 5.26 Å². The first-order chi connectivity index (χ1) is 10.1. The third-order valence-electron chi connectivity index (χ3n) is 4.20. The number of benzene rings is 1. The van der Waals surface area contributed by atoms with Gasteiger partial charge in [0.05, 0.1) is 12.0 Å². The molecule has 1 N–H and O–H groups in total. The molecule has 0 saturated heterocycles. The molecule has 2 atom stereocenters. The average molecular weight is 280 g/mol. The lowest BCUT2D eigenvalue weighted by molar-refractivity contribution is -0.116. The number of nitrogens with zero attached hydrogens (tertiary/aromatic N) is 2. The van der Waals surface area contributed by atoms with Gasteiger partial charge in [0.15, 0.2) is 5.78 Å². The molecule has 1 aromatic rings. The van der Waals surface area contributed by atoms with E-state index in [1.165, 1.54) is 0 Å². The molecule has 0 saturated carbocycles. The molecular formula is C17H16N2O2. The molecule has 1 unspecified atom stereocenters. The van der Waals surface area contributed by atoms with Crippen molar-refractivity contribution in [1.82, 2.24) is 0 Å². The van der Waals surface area contributed by atoms with Gasteiger partial charge in [0.2, 0.25) is 0 Å². The number of phenolic OH excluding ortho intramolecular Hbond substituents is 1. The Morgan fingerprint density at radius 3 is 2.90 bits per heavy atom. The smallest absolute Gasteiger partial charge is 0.161 e. The number of rotatable bonds is 1. The number of ketones is 1. The minimum Gasteiger partial charge on any atom is -0.508 e. The fourth-order valence-electron chi connectivity index (χ4n) is 3.25. The van der Waals surface area contributed by atoms with Gasteiger partial charge >= 0.3 is 0 Å². The van der Waals surface area contributed by atoms with Crippen molar-refractivity contribution in [2.45, 2.75) is 32.1 Å². The summed E-state index contributed by atoms with van der Waals surface area (Å²) in [4.78, 5) is 16.9. The van der Waals surface area contributed by atoms with Crippen LogP contribution in [-0.2, 0) is 4.79 Å². The van der Waals surface area contributed by atoms with Gasteiger partial charge < -0.3 is 5.11 Å². The van der Waals surface area contributed by atoms with Crippen LogP contribution in [0.4, 0.5) is 0 Å². The Labute approximate surface area is 123 Å². The first kappa shape index (κ1) is 13.6. The van der Waals surface area contributed by atoms with Crippen LogP contribution in [0.1, 0.15) is 37.7 Å². The molecule has 0 spiro atoms. The van der Waals surface area contributed by atoms with Gasteiger partial charge in [-0.1, -0.05) is 12.1 Å². The molecule has 0 radical (unpaired) electrons. The fourth-order valence-corrected chi connectivity index (χ4v) is 3.25. The number of aliphatic imine (C=N–C) groups is 1. The first-order valence-corrected chi connectivity index (χ1v) is 7.12. The monoisotopic (exact) mass is 280 g/mol. The van der Waals surface area contributed by atoms with Crippen LogP contribution in [-0.4, -0.2) is 16.6 Å². The van der Waals surface area contributed by atoms with Crippen LogP contribution in [0.2, 0.25) is 0 Å². The van der Waals surface area contributed by atoms with E-state index < -0.39 is 5.92 Å². The Hall–Kier alpha value is -2.41. The van der Waals surface area contributed by atoms with Crippen LogP contribution in [0, 0.1) is 17.2 Å². The molecule has 0 fully saturated rings. The van der Waals surface area contributed by atoms with Crippen LogP contribution in [0.5, 0.6) is 5.75 Å². The summed E-state index contributed by atoms with van der Waals surface area (Å²) >= 11 is 0. The Morgan fingerprint density at radius 2 is 2.19 bits per heavy atom. The van der Waals surface area contributed by atoms with Crippen LogP contribution in [0.25, 0.3) is 0 Å². The van der Waals surface area contributed by atoms with E-state index in [2.05, 4.69) is 11.1 Å². The third kappa shape index (κ3) is 2.25. The zero-order chi connectivity index (χ0) is 15.0. The maximum atomic E-state index is 12.4. The van der Waals surface area contributed by atoms with Crippen LogP contribution >= 0.6 is 0 Å². The van der Waals surface area contributed by atoms with Gasteiger partial charge in [-0.05, 0) is 37.5 Å². The zero-order valence-corrected chi connectivity index (χ0v) is 11.8. The number of hydrogen-bond donors (Lipinski definition) is 1. The molecule has 1 aliphatic carbocycles. The minimum atomic E-state index is -0.451. The molecule has 2 aliphatic rings. The van der Waals surface area contributed by atoms with E-state index in [-0.39, 0.29) is 17.5 Å². The summed E-state index contributed by atoms with van der Waals surface area (Å²) in [6.07, 6.45) is 2.12. The molecule has 1 aromatic carbocycles. The van der Waals surface area contributed by atoms with E-state index >= 15 is 0 Å². The highest BCUT2D eigenvalue weighted by atomic mass is 16.3. The standard InChI is InChI=1S/C17H16N2O2/c1-10-13(9-18)16(11-4-2-5-12(20)8-11)17-14(19-10)6-3-7-15(17)21/h2,4-5,8,13,16,20H,3,6-7H2,1H3/t13?,16-/m0/s1. The van der Waals surface area contributed by atoms with E-state index in [9.17, 15) is 15.2 Å². The highest BCUT2D eigenvalue weighted by Crippen LogP contribution is 2.43. The van der Waals surface area contributed by atoms with Crippen molar-refractivity contribution in [3.63, 3.8) is 0 Å². The highest BCUT2D eigenvalue weighted by Gasteiger charge is 2.38. The average Bonchev–Trinajstić information content (AvgIpc) is 2.46. The van der Waals surface area contributed by atoms with Gasteiger partial charge in [-0.15, -0.1) is 0 Å². The molecule has 0 bridgehead atoms. The summed E-state index contributed by atoms with van der Waals surface area (Å²) in [6, 6.07) is 9.11. The van der Waals surface area contributed by atoms with Crippen LogP contribution < -0.4 is 0 Å². The molecule has 21 heavy (non-hydrogen) atoms. The first-order valence-electron chi connectivity index (χ1n) is 7.12. The second-order valence-corrected chi connectivity index (χ2v) is 5.57. The van der Waals surface area contributed by atoms with Gasteiger partial charge in [0.1, 0.15) is 5.75 Å². The Morgan fingerprint density at radius 1 is 1.38 bits per heavy atom. The maximum Gasteiger partial charge on any atom is 0.161 e. The van der Waals surface area contributed by atoms with Crippen molar-refractivity contribution in [3.8, 4) is 11.8 Å². The van der Waals surface area contributed by atoms with E-state index in [0.717, 1.165) is 29.8 Å². The molecule has 1 heterocycles. The topological polar surface area (TPSA) is 73.4 Å². The highest BCUT2D eigenvalue weighted by molar-refractivity contribution is 6.02. The molecule has 1 aliphatic heterocycles. The molecule has 0 amide bonds. The lowest BCUT2D eigenvalue weighted by Gasteiger charge is -2.32. The van der Waals surface area contributed by atoms with Crippen molar-refractivity contribution in [3.05, 3.63) is 41.1 Å². The summed E-state index contributed by atoms with van der Waals surface area (Å²) < 4.78 is 0. The van der Waals surface area contributed by atoms with Crippen molar-refractivity contribution in [2.75, 3.05) is 0 Å². The number of carbonyl (C=O) groups excluding carboxylic acids is 1. The van der Waals surface area contributed by atoms with Gasteiger partial charge in [0, 0.05) is 29.3 Å². The van der Waals surface area contributed by atoms with E-state index in [1.807, 2.05) is 13.0 Å². The van der Waals surface area contributed by atoms with E-state index in [1.54, 1.807) is 18.2 Å². The molecule has 3 rings (SSSR count). The molecule has 4 nitrogen and oxygen atoms in total. The number of nitriles is 1. The molecule has 4 heteroatoms. The SMILES string of the molecule is CC1=NC2=C(C(=O)CCC2)[C@@H](c2cccc(O)c2)C1C#N. The summed E-state index contributed by atoms with van der Waals surface area (Å²) in [6.45, 7) is 1.84. The number of hydrogen-bond acceptors (Lipinski definition) is 4. The van der Waals surface area contributed by atoms with Gasteiger partial charge in [-0.3, -0.25) is 9.79 Å². The predicted octanol–water partition coefficient (Wildman–Crippen LogP) is 3.10. The van der Waals surface area contributed by atoms with Gasteiger partial charge in [0.25, 0.3) is 0 Å². The Balaban J connectivity index is 2.19. The van der Waals surface area contributed by atoms with Crippen molar-refractivity contribution >= 4 is 11.5 Å². The third-order valence-corrected chi connectivity index (χ3v) is 4.20. The van der Waals surface area contributed by atoms with E-state index in [0.29, 0.717) is 12.0 Å². The van der Waals surface area contributed by atoms with Crippen LogP contribution in [0.3, 0.4) is 0 Å². The lowest BCUT2D eigenvalue weighted by Crippen LogP contribution is -2.30. The second-order valence-electron chi connectivity index (χ2n) is 5.57. The quantitative estimate of drug-likeness (QED) is 0.859. The number of Topliss-reactive ketones (excluding diaryl/α,β-unsaturated/α-hetero) is 1. The molecular weight excluding hydrogens is 264 g/mol. The number of phenols is 1. The predicted molar refractivity (Wildman–Crippen MR) is 78.9 cm³/mol. The largest absolute Gasteiger partial charge is 0.508 e. The number of carbonyl (C=O) groups is 1. The fraction of sp³-hybridized carbons (Fsp3) is 0.353. The Kier molecular flexibility index (Phi) is 3.34. The van der Waals surface area contributed by atoms with Gasteiger partial charge in [-0.25, -0.2) is 0 Å². The molecule has 0 aromatic heterocycles. The summed E-state index contributed by atoms with van der Waals surface area (Å²) in [5.74, 6) is -0.536. The number of allylic oxidation sites excluding steroid dienone is 2. The van der Waals surface area contributed by atoms with Crippen molar-refractivity contribution < 1.29 is 9.90 Å². The zero-order valence-electron chi connectivity index (χ0n) is 11.8. The second kappa shape index (κ2) is 5.17. The molecule has 106 valence electrons. The van der Waals surface area contributed by atoms with Crippen molar-refractivity contribution in [2.24, 2.45) is 10.9 Å². The lowest BCUT2D eigenvalue weighted by atomic mass is 9.72. The number of aromatic hydroxyl groups is 1.